The van der Waals surface area contributed by atoms with E-state index in [2.05, 4.69) is 5.32 Å². The maximum absolute atomic E-state index is 12.4. The molecule has 0 fully saturated rings. The number of aliphatic hydroxyl groups is 1. The summed E-state index contributed by atoms with van der Waals surface area (Å²) in [5.74, 6) is -0.872. The van der Waals surface area contributed by atoms with Gasteiger partial charge in [-0.05, 0) is 50.8 Å². The SMILES string of the molecule is CCOC(=O)C(C)CC(NC(=O)OC(C)(C)C)C(O)c1ccc(-c2ccccc2)cc1. The molecule has 0 aliphatic carbocycles. The number of hydrogen-bond donors (Lipinski definition) is 2. The predicted octanol–water partition coefficient (Wildman–Crippen LogP) is 4.87. The molecule has 3 unspecified atom stereocenters. The smallest absolute Gasteiger partial charge is 0.407 e. The van der Waals surface area contributed by atoms with E-state index in [4.69, 9.17) is 9.47 Å². The number of rotatable bonds is 8. The minimum atomic E-state index is -1.02. The summed E-state index contributed by atoms with van der Waals surface area (Å²) in [6.45, 7) is 9.03. The van der Waals surface area contributed by atoms with E-state index in [-0.39, 0.29) is 19.0 Å². The molecule has 6 heteroatoms. The van der Waals surface area contributed by atoms with Crippen LogP contribution in [0.5, 0.6) is 0 Å². The van der Waals surface area contributed by atoms with Crippen molar-refractivity contribution in [2.45, 2.75) is 58.8 Å². The molecule has 2 rings (SSSR count). The third-order valence-corrected chi connectivity index (χ3v) is 4.74. The number of amides is 1. The van der Waals surface area contributed by atoms with Crippen molar-refractivity contribution in [2.24, 2.45) is 5.92 Å². The zero-order valence-electron chi connectivity index (χ0n) is 18.9. The van der Waals surface area contributed by atoms with Gasteiger partial charge >= 0.3 is 12.1 Å². The van der Waals surface area contributed by atoms with E-state index in [0.717, 1.165) is 11.1 Å². The molecule has 0 aliphatic rings. The molecule has 2 aromatic rings. The van der Waals surface area contributed by atoms with Gasteiger partial charge in [-0.15, -0.1) is 0 Å². The highest BCUT2D eigenvalue weighted by molar-refractivity contribution is 5.72. The molecule has 0 aromatic heterocycles. The quantitative estimate of drug-likeness (QED) is 0.587. The van der Waals surface area contributed by atoms with Crippen LogP contribution in [0, 0.1) is 5.92 Å². The van der Waals surface area contributed by atoms with Crippen LogP contribution in [0.15, 0.2) is 54.6 Å². The Labute approximate surface area is 184 Å². The van der Waals surface area contributed by atoms with Crippen molar-refractivity contribution in [3.63, 3.8) is 0 Å². The van der Waals surface area contributed by atoms with Crippen LogP contribution in [0.1, 0.15) is 52.7 Å². The molecule has 2 aromatic carbocycles. The van der Waals surface area contributed by atoms with Gasteiger partial charge in [0.1, 0.15) is 5.60 Å². The number of esters is 1. The second-order valence-electron chi connectivity index (χ2n) is 8.57. The summed E-state index contributed by atoms with van der Waals surface area (Å²) < 4.78 is 10.4. The first-order valence-electron chi connectivity index (χ1n) is 10.6. The summed E-state index contributed by atoms with van der Waals surface area (Å²) in [6, 6.07) is 16.7. The Morgan fingerprint density at radius 3 is 2.13 bits per heavy atom. The van der Waals surface area contributed by atoms with Crippen molar-refractivity contribution in [2.75, 3.05) is 6.61 Å². The molecule has 1 amide bonds. The summed E-state index contributed by atoms with van der Waals surface area (Å²) >= 11 is 0. The summed E-state index contributed by atoms with van der Waals surface area (Å²) in [5.41, 5.74) is 2.05. The highest BCUT2D eigenvalue weighted by Crippen LogP contribution is 2.26. The van der Waals surface area contributed by atoms with E-state index in [1.165, 1.54) is 0 Å². The maximum atomic E-state index is 12.4. The number of alkyl carbamates (subject to hydrolysis) is 1. The molecule has 31 heavy (non-hydrogen) atoms. The molecule has 2 N–H and O–H groups in total. The van der Waals surface area contributed by atoms with Crippen molar-refractivity contribution < 1.29 is 24.2 Å². The van der Waals surface area contributed by atoms with Gasteiger partial charge in [0.2, 0.25) is 0 Å². The van der Waals surface area contributed by atoms with Crippen molar-refractivity contribution in [3.05, 3.63) is 60.2 Å². The van der Waals surface area contributed by atoms with Gasteiger partial charge in [-0.3, -0.25) is 4.79 Å². The van der Waals surface area contributed by atoms with Gasteiger partial charge in [0, 0.05) is 0 Å². The first-order chi connectivity index (χ1) is 14.6. The zero-order chi connectivity index (χ0) is 23.0. The first kappa shape index (κ1) is 24.4. The second kappa shape index (κ2) is 11.0. The van der Waals surface area contributed by atoms with E-state index in [1.807, 2.05) is 54.6 Å². The molecule has 168 valence electrons. The van der Waals surface area contributed by atoms with Crippen LogP contribution in [0.4, 0.5) is 4.79 Å². The lowest BCUT2D eigenvalue weighted by molar-refractivity contribution is -0.148. The van der Waals surface area contributed by atoms with Crippen LogP contribution in [-0.2, 0) is 14.3 Å². The number of ether oxygens (including phenoxy) is 2. The third-order valence-electron chi connectivity index (χ3n) is 4.74. The number of benzene rings is 2. The Morgan fingerprint density at radius 1 is 1.00 bits per heavy atom. The molecular formula is C25H33NO5. The Hall–Kier alpha value is -2.86. The topological polar surface area (TPSA) is 84.9 Å². The zero-order valence-corrected chi connectivity index (χ0v) is 18.9. The Bertz CT molecular complexity index is 842. The molecule has 0 spiro atoms. The van der Waals surface area contributed by atoms with Gasteiger partial charge in [0.15, 0.2) is 0 Å². The van der Waals surface area contributed by atoms with Crippen LogP contribution in [0.2, 0.25) is 0 Å². The fraction of sp³-hybridized carbons (Fsp3) is 0.440. The molecule has 0 radical (unpaired) electrons. The normalized spacial score (nSPS) is 14.3. The third kappa shape index (κ3) is 7.72. The molecular weight excluding hydrogens is 394 g/mol. The van der Waals surface area contributed by atoms with Gasteiger partial charge in [-0.1, -0.05) is 61.5 Å². The lowest BCUT2D eigenvalue weighted by Gasteiger charge is -2.28. The van der Waals surface area contributed by atoms with Crippen molar-refractivity contribution in [3.8, 4) is 11.1 Å². The maximum Gasteiger partial charge on any atom is 0.407 e. The summed E-state index contributed by atoms with van der Waals surface area (Å²) in [7, 11) is 0. The number of carbonyl (C=O) groups is 2. The van der Waals surface area contributed by atoms with Crippen LogP contribution in [-0.4, -0.2) is 35.4 Å². The van der Waals surface area contributed by atoms with Gasteiger partial charge in [0.05, 0.1) is 24.7 Å². The van der Waals surface area contributed by atoms with Crippen molar-refractivity contribution in [1.82, 2.24) is 5.32 Å². The number of carbonyl (C=O) groups excluding carboxylic acids is 2. The number of nitrogens with one attached hydrogen (secondary N) is 1. The van der Waals surface area contributed by atoms with E-state index in [0.29, 0.717) is 5.56 Å². The predicted molar refractivity (Wildman–Crippen MR) is 120 cm³/mol. The standard InChI is InChI=1S/C25H33NO5/c1-6-30-23(28)17(2)16-21(26-24(29)31-25(3,4)5)22(27)20-14-12-19(13-15-20)18-10-8-7-9-11-18/h7-15,17,21-22,27H,6,16H2,1-5H3,(H,26,29). The molecule has 0 bridgehead atoms. The lowest BCUT2D eigenvalue weighted by Crippen LogP contribution is -2.43. The van der Waals surface area contributed by atoms with Crippen molar-refractivity contribution in [1.29, 1.82) is 0 Å². The van der Waals surface area contributed by atoms with E-state index < -0.39 is 29.8 Å². The summed E-state index contributed by atoms with van der Waals surface area (Å²) in [4.78, 5) is 24.5. The monoisotopic (exact) mass is 427 g/mol. The first-order valence-corrected chi connectivity index (χ1v) is 10.6. The van der Waals surface area contributed by atoms with E-state index in [1.54, 1.807) is 34.6 Å². The largest absolute Gasteiger partial charge is 0.466 e. The molecule has 0 saturated heterocycles. The van der Waals surface area contributed by atoms with Gasteiger partial charge in [-0.2, -0.15) is 0 Å². The average Bonchev–Trinajstić information content (AvgIpc) is 2.72. The van der Waals surface area contributed by atoms with E-state index in [9.17, 15) is 14.7 Å². The molecule has 0 heterocycles. The van der Waals surface area contributed by atoms with Gasteiger partial charge < -0.3 is 19.9 Å². The highest BCUT2D eigenvalue weighted by Gasteiger charge is 2.29. The fourth-order valence-electron chi connectivity index (χ4n) is 3.22. The van der Waals surface area contributed by atoms with Gasteiger partial charge in [-0.25, -0.2) is 4.79 Å². The Morgan fingerprint density at radius 2 is 1.58 bits per heavy atom. The molecule has 0 saturated carbocycles. The van der Waals surface area contributed by atoms with E-state index >= 15 is 0 Å². The molecule has 0 aliphatic heterocycles. The van der Waals surface area contributed by atoms with Crippen LogP contribution >= 0.6 is 0 Å². The Balaban J connectivity index is 2.20. The van der Waals surface area contributed by atoms with Crippen LogP contribution in [0.3, 0.4) is 0 Å². The van der Waals surface area contributed by atoms with Crippen molar-refractivity contribution >= 4 is 12.1 Å². The lowest BCUT2D eigenvalue weighted by atomic mass is 9.92. The Kier molecular flexibility index (Phi) is 8.63. The second-order valence-corrected chi connectivity index (χ2v) is 8.57. The number of aliphatic hydroxyl groups excluding tert-OH is 1. The molecule has 3 atom stereocenters. The molecule has 6 nitrogen and oxygen atoms in total. The average molecular weight is 428 g/mol. The van der Waals surface area contributed by atoms with Crippen LogP contribution < -0.4 is 5.32 Å². The number of hydrogen-bond acceptors (Lipinski definition) is 5. The van der Waals surface area contributed by atoms with Gasteiger partial charge in [0.25, 0.3) is 0 Å². The fourth-order valence-corrected chi connectivity index (χ4v) is 3.22. The highest BCUT2D eigenvalue weighted by atomic mass is 16.6. The van der Waals surface area contributed by atoms with Crippen LogP contribution in [0.25, 0.3) is 11.1 Å². The summed E-state index contributed by atoms with van der Waals surface area (Å²) in [5, 5.41) is 13.8. The minimum Gasteiger partial charge on any atom is -0.466 e. The minimum absolute atomic E-state index is 0.208. The summed E-state index contributed by atoms with van der Waals surface area (Å²) in [6.07, 6.45) is -1.46.